The van der Waals surface area contributed by atoms with Crippen molar-refractivity contribution < 1.29 is 24.2 Å². The molecule has 0 radical (unpaired) electrons. The summed E-state index contributed by atoms with van der Waals surface area (Å²) in [7, 11) is 0. The summed E-state index contributed by atoms with van der Waals surface area (Å²) in [6.45, 7) is 3.78. The molecule has 4 aliphatic rings. The molecule has 3 heterocycles. The van der Waals surface area contributed by atoms with Crippen LogP contribution in [0, 0.1) is 11.8 Å². The lowest BCUT2D eigenvalue weighted by Gasteiger charge is -2.38. The van der Waals surface area contributed by atoms with Crippen molar-refractivity contribution in [3.63, 3.8) is 0 Å². The summed E-state index contributed by atoms with van der Waals surface area (Å²) in [6, 6.07) is 8.10. The molecule has 0 aromatic heterocycles. The van der Waals surface area contributed by atoms with Crippen LogP contribution in [0.1, 0.15) is 70.4 Å². The first-order valence-electron chi connectivity index (χ1n) is 13.0. The van der Waals surface area contributed by atoms with Crippen LogP contribution in [0.4, 0.5) is 0 Å². The number of hydrogen-bond donors (Lipinski definition) is 2. The van der Waals surface area contributed by atoms with E-state index in [0.29, 0.717) is 6.42 Å². The highest BCUT2D eigenvalue weighted by atomic mass is 32.2. The average molecular weight is 501 g/mol. The Morgan fingerprint density at radius 2 is 1.91 bits per heavy atom. The molecular formula is C27H36N2O5S. The fourth-order valence-electron chi connectivity index (χ4n) is 7.15. The molecule has 2 bridgehead atoms. The first-order chi connectivity index (χ1) is 16.9. The number of rotatable bonds is 7. The Morgan fingerprint density at radius 3 is 2.57 bits per heavy atom. The van der Waals surface area contributed by atoms with E-state index in [0.717, 1.165) is 37.7 Å². The Hall–Kier alpha value is -2.06. The fraction of sp³-hybridized carbons (Fsp3) is 0.667. The maximum Gasteiger partial charge on any atom is 0.311 e. The number of aliphatic hydroxyl groups excluding tert-OH is 1. The zero-order valence-electron chi connectivity index (χ0n) is 20.6. The van der Waals surface area contributed by atoms with E-state index >= 15 is 0 Å². The number of hydrogen-bond acceptors (Lipinski definition) is 6. The van der Waals surface area contributed by atoms with Crippen molar-refractivity contribution in [2.75, 3.05) is 13.2 Å². The number of ether oxygens (including phenoxy) is 1. The van der Waals surface area contributed by atoms with Gasteiger partial charge >= 0.3 is 5.97 Å². The molecular weight excluding hydrogens is 464 g/mol. The lowest BCUT2D eigenvalue weighted by Crippen LogP contribution is -2.56. The molecule has 190 valence electrons. The van der Waals surface area contributed by atoms with Gasteiger partial charge in [0, 0.05) is 10.8 Å². The molecule has 2 N–H and O–H groups in total. The van der Waals surface area contributed by atoms with Crippen molar-refractivity contribution in [3.8, 4) is 0 Å². The second-order valence-electron chi connectivity index (χ2n) is 10.7. The van der Waals surface area contributed by atoms with Gasteiger partial charge in [0.25, 0.3) is 0 Å². The van der Waals surface area contributed by atoms with Gasteiger partial charge in [-0.15, -0.1) is 11.8 Å². The molecule has 1 aromatic carbocycles. The number of benzene rings is 1. The van der Waals surface area contributed by atoms with Crippen LogP contribution in [0.5, 0.6) is 0 Å². The summed E-state index contributed by atoms with van der Waals surface area (Å²) < 4.78 is 4.30. The van der Waals surface area contributed by atoms with Gasteiger partial charge in [-0.1, -0.05) is 49.6 Å². The molecule has 1 spiro atoms. The van der Waals surface area contributed by atoms with Crippen LogP contribution in [-0.2, 0) is 19.1 Å². The number of nitrogens with zero attached hydrogens (tertiary/aromatic N) is 1. The van der Waals surface area contributed by atoms with Gasteiger partial charge in [-0.2, -0.15) is 0 Å². The molecule has 7 nitrogen and oxygen atoms in total. The lowest BCUT2D eigenvalue weighted by atomic mass is 9.66. The predicted molar refractivity (Wildman–Crippen MR) is 133 cm³/mol. The number of esters is 1. The summed E-state index contributed by atoms with van der Waals surface area (Å²) in [5.41, 5.74) is 0.786. The van der Waals surface area contributed by atoms with E-state index in [4.69, 9.17) is 4.74 Å². The number of aliphatic hydroxyl groups is 1. The molecule has 1 aliphatic carbocycles. The zero-order valence-corrected chi connectivity index (χ0v) is 21.4. The molecule has 3 saturated heterocycles. The normalized spacial score (nSPS) is 35.1. The third-order valence-electron chi connectivity index (χ3n) is 8.65. The summed E-state index contributed by atoms with van der Waals surface area (Å²) in [5.74, 6) is -1.95. The average Bonchev–Trinajstić information content (AvgIpc) is 3.42. The Bertz CT molecular complexity index is 983. The van der Waals surface area contributed by atoms with Crippen molar-refractivity contribution in [2.24, 2.45) is 11.8 Å². The van der Waals surface area contributed by atoms with E-state index in [9.17, 15) is 19.5 Å². The lowest BCUT2D eigenvalue weighted by molar-refractivity contribution is -0.155. The number of thioether (sulfide) groups is 1. The Kier molecular flexibility index (Phi) is 6.64. The molecule has 1 saturated carbocycles. The molecule has 6 atom stereocenters. The van der Waals surface area contributed by atoms with Gasteiger partial charge in [-0.25, -0.2) is 0 Å². The molecule has 2 unspecified atom stereocenters. The monoisotopic (exact) mass is 500 g/mol. The van der Waals surface area contributed by atoms with Crippen LogP contribution < -0.4 is 5.32 Å². The van der Waals surface area contributed by atoms with Gasteiger partial charge in [-0.05, 0) is 45.1 Å². The van der Waals surface area contributed by atoms with E-state index in [1.165, 1.54) is 6.42 Å². The predicted octanol–water partition coefficient (Wildman–Crippen LogP) is 3.21. The van der Waals surface area contributed by atoms with Gasteiger partial charge in [-0.3, -0.25) is 14.4 Å². The maximum atomic E-state index is 14.2. The number of nitrogens with one attached hydrogen (secondary N) is 1. The van der Waals surface area contributed by atoms with Gasteiger partial charge < -0.3 is 20.1 Å². The minimum Gasteiger partial charge on any atom is -0.466 e. The van der Waals surface area contributed by atoms with Gasteiger partial charge in [0.15, 0.2) is 0 Å². The first kappa shape index (κ1) is 24.6. The number of fused-ring (bicyclic) bond motifs is 1. The quantitative estimate of drug-likeness (QED) is 0.558. The molecule has 1 aromatic rings. The molecule has 5 rings (SSSR count). The van der Waals surface area contributed by atoms with E-state index in [1.807, 2.05) is 37.3 Å². The van der Waals surface area contributed by atoms with E-state index < -0.39 is 33.4 Å². The van der Waals surface area contributed by atoms with Crippen molar-refractivity contribution in [1.29, 1.82) is 0 Å². The fourth-order valence-corrected chi connectivity index (χ4v) is 9.48. The highest BCUT2D eigenvalue weighted by Crippen LogP contribution is 2.72. The van der Waals surface area contributed by atoms with E-state index in [2.05, 4.69) is 5.32 Å². The van der Waals surface area contributed by atoms with Crippen molar-refractivity contribution in [2.45, 2.75) is 86.4 Å². The van der Waals surface area contributed by atoms with E-state index in [-0.39, 0.29) is 37.0 Å². The molecule has 2 amide bonds. The van der Waals surface area contributed by atoms with Crippen molar-refractivity contribution in [3.05, 3.63) is 35.9 Å². The van der Waals surface area contributed by atoms with E-state index in [1.54, 1.807) is 23.6 Å². The highest BCUT2D eigenvalue weighted by Gasteiger charge is 2.78. The number of amides is 2. The minimum absolute atomic E-state index is 0.105. The van der Waals surface area contributed by atoms with Gasteiger partial charge in [0.05, 0.1) is 35.8 Å². The number of likely N-dealkylation sites (tertiary alicyclic amines) is 1. The summed E-state index contributed by atoms with van der Waals surface area (Å²) >= 11 is 1.64. The number of carbonyl (C=O) groups excluding carboxylic acids is 3. The van der Waals surface area contributed by atoms with Crippen LogP contribution in [-0.4, -0.2) is 62.6 Å². The summed E-state index contributed by atoms with van der Waals surface area (Å²) in [4.78, 5) is 43.1. The van der Waals surface area contributed by atoms with Crippen molar-refractivity contribution >= 4 is 29.5 Å². The second kappa shape index (κ2) is 9.43. The van der Waals surface area contributed by atoms with Gasteiger partial charge in [0.1, 0.15) is 6.04 Å². The van der Waals surface area contributed by atoms with Crippen molar-refractivity contribution in [1.82, 2.24) is 10.2 Å². The van der Waals surface area contributed by atoms with Crippen LogP contribution in [0.3, 0.4) is 0 Å². The third-order valence-corrected chi connectivity index (χ3v) is 10.6. The standard InChI is InChI=1S/C27H36N2O5S/c1-3-34-25(33)21-20-24(32)29(19(16-30)17-10-6-4-7-11-17)22(27(20)15-14-26(21,2)35-27)23(31)28-18-12-8-5-9-13-18/h4,6-7,10-11,18-22,30H,3,5,8-9,12-16H2,1-2H3,(H,28,31)/t19-,20+,21-,22?,26+,27?/m1/s1. The largest absolute Gasteiger partial charge is 0.466 e. The Morgan fingerprint density at radius 1 is 1.20 bits per heavy atom. The first-order valence-corrected chi connectivity index (χ1v) is 13.8. The minimum atomic E-state index is -0.745. The summed E-state index contributed by atoms with van der Waals surface area (Å²) in [5, 5.41) is 13.8. The van der Waals surface area contributed by atoms with Crippen LogP contribution >= 0.6 is 11.8 Å². The maximum absolute atomic E-state index is 14.2. The highest BCUT2D eigenvalue weighted by molar-refractivity contribution is 8.02. The topological polar surface area (TPSA) is 95.9 Å². The van der Waals surface area contributed by atoms with Crippen LogP contribution in [0.25, 0.3) is 0 Å². The van der Waals surface area contributed by atoms with Crippen LogP contribution in [0.2, 0.25) is 0 Å². The molecule has 4 fully saturated rings. The SMILES string of the molecule is CCOC(=O)[C@H]1[C@H]2C(=O)N([C@H](CO)c3ccccc3)C(C(=O)NC3CCCCC3)C23CC[C@]1(C)S3. The smallest absolute Gasteiger partial charge is 0.311 e. The molecule has 3 aliphatic heterocycles. The van der Waals surface area contributed by atoms with Gasteiger partial charge in [0.2, 0.25) is 11.8 Å². The summed E-state index contributed by atoms with van der Waals surface area (Å²) in [6.07, 6.45) is 6.69. The Balaban J connectivity index is 1.57. The Labute approximate surface area is 211 Å². The van der Waals surface area contributed by atoms with Crippen LogP contribution in [0.15, 0.2) is 30.3 Å². The zero-order chi connectivity index (χ0) is 24.8. The third kappa shape index (κ3) is 3.88. The second-order valence-corrected chi connectivity index (χ2v) is 12.6. The molecule has 8 heteroatoms. The molecule has 35 heavy (non-hydrogen) atoms. The number of carbonyl (C=O) groups is 3.